The number of hydrogen-bond acceptors (Lipinski definition) is 3. The van der Waals surface area contributed by atoms with Crippen LogP contribution >= 0.6 is 0 Å². The molecule has 0 unspecified atom stereocenters. The normalized spacial score (nSPS) is 10.6. The summed E-state index contributed by atoms with van der Waals surface area (Å²) >= 11 is 0. The second-order valence-corrected chi connectivity index (χ2v) is 3.85. The molecule has 90 valence electrons. The average molecular weight is 222 g/mol. The third-order valence-corrected chi connectivity index (χ3v) is 2.20. The standard InChI is InChI=1S/C13H22N2O/c1-3-8-14-10-12-6-5-7-13(15-12)11-16-9-4-2/h5-7,14H,3-4,8-11H2,1-2H3. The highest BCUT2D eigenvalue weighted by Gasteiger charge is 1.97. The van der Waals surface area contributed by atoms with Crippen molar-refractivity contribution in [3.63, 3.8) is 0 Å². The van der Waals surface area contributed by atoms with Crippen molar-refractivity contribution < 1.29 is 4.74 Å². The highest BCUT2D eigenvalue weighted by atomic mass is 16.5. The molecule has 0 radical (unpaired) electrons. The lowest BCUT2D eigenvalue weighted by molar-refractivity contribution is 0.119. The molecule has 16 heavy (non-hydrogen) atoms. The van der Waals surface area contributed by atoms with E-state index < -0.39 is 0 Å². The second-order valence-electron chi connectivity index (χ2n) is 3.85. The van der Waals surface area contributed by atoms with Gasteiger partial charge in [-0.2, -0.15) is 0 Å². The van der Waals surface area contributed by atoms with E-state index in [0.29, 0.717) is 6.61 Å². The van der Waals surface area contributed by atoms with Crippen LogP contribution in [-0.4, -0.2) is 18.1 Å². The first-order valence-corrected chi connectivity index (χ1v) is 6.10. The molecule has 0 aliphatic rings. The summed E-state index contributed by atoms with van der Waals surface area (Å²) in [7, 11) is 0. The van der Waals surface area contributed by atoms with Gasteiger partial charge in [-0.05, 0) is 31.5 Å². The quantitative estimate of drug-likeness (QED) is 0.686. The molecule has 0 amide bonds. The summed E-state index contributed by atoms with van der Waals surface area (Å²) in [6.45, 7) is 7.58. The van der Waals surface area contributed by atoms with E-state index in [1.807, 2.05) is 18.2 Å². The van der Waals surface area contributed by atoms with Crippen LogP contribution in [0.15, 0.2) is 18.2 Å². The summed E-state index contributed by atoms with van der Waals surface area (Å²) in [5.41, 5.74) is 2.11. The van der Waals surface area contributed by atoms with Gasteiger partial charge in [0.2, 0.25) is 0 Å². The van der Waals surface area contributed by atoms with E-state index in [0.717, 1.165) is 43.9 Å². The second kappa shape index (κ2) is 8.25. The molecule has 0 aromatic carbocycles. The zero-order chi connectivity index (χ0) is 11.6. The van der Waals surface area contributed by atoms with Gasteiger partial charge in [-0.3, -0.25) is 4.98 Å². The van der Waals surface area contributed by atoms with Crippen LogP contribution in [0.3, 0.4) is 0 Å². The molecule has 0 aliphatic carbocycles. The van der Waals surface area contributed by atoms with Gasteiger partial charge in [0.1, 0.15) is 0 Å². The topological polar surface area (TPSA) is 34.1 Å². The number of nitrogens with zero attached hydrogens (tertiary/aromatic N) is 1. The fourth-order valence-corrected chi connectivity index (χ4v) is 1.42. The highest BCUT2D eigenvalue weighted by molar-refractivity contribution is 5.10. The molecule has 1 aromatic heterocycles. The number of pyridine rings is 1. The van der Waals surface area contributed by atoms with Crippen molar-refractivity contribution >= 4 is 0 Å². The number of aromatic nitrogens is 1. The Labute approximate surface area is 98.2 Å². The number of nitrogens with one attached hydrogen (secondary N) is 1. The monoisotopic (exact) mass is 222 g/mol. The van der Waals surface area contributed by atoms with Crippen LogP contribution in [0.4, 0.5) is 0 Å². The Balaban J connectivity index is 2.37. The van der Waals surface area contributed by atoms with Crippen LogP contribution in [0.5, 0.6) is 0 Å². The number of ether oxygens (including phenoxy) is 1. The van der Waals surface area contributed by atoms with Crippen LogP contribution in [0.2, 0.25) is 0 Å². The van der Waals surface area contributed by atoms with Gasteiger partial charge in [0.15, 0.2) is 0 Å². The van der Waals surface area contributed by atoms with Crippen molar-refractivity contribution in [2.75, 3.05) is 13.2 Å². The lowest BCUT2D eigenvalue weighted by atomic mass is 10.3. The maximum absolute atomic E-state index is 5.47. The Hall–Kier alpha value is -0.930. The van der Waals surface area contributed by atoms with Gasteiger partial charge < -0.3 is 10.1 Å². The number of hydrogen-bond donors (Lipinski definition) is 1. The minimum atomic E-state index is 0.620. The molecule has 1 N–H and O–H groups in total. The minimum Gasteiger partial charge on any atom is -0.375 e. The fourth-order valence-electron chi connectivity index (χ4n) is 1.42. The molecule has 0 spiro atoms. The number of rotatable bonds is 8. The van der Waals surface area contributed by atoms with Gasteiger partial charge >= 0.3 is 0 Å². The van der Waals surface area contributed by atoms with Crippen LogP contribution < -0.4 is 5.32 Å². The van der Waals surface area contributed by atoms with Gasteiger partial charge in [-0.1, -0.05) is 19.9 Å². The van der Waals surface area contributed by atoms with E-state index in [1.165, 1.54) is 0 Å². The Morgan fingerprint density at radius 1 is 1.19 bits per heavy atom. The van der Waals surface area contributed by atoms with Gasteiger partial charge in [0, 0.05) is 13.2 Å². The third kappa shape index (κ3) is 5.24. The van der Waals surface area contributed by atoms with Crippen molar-refractivity contribution in [3.8, 4) is 0 Å². The van der Waals surface area contributed by atoms with Crippen LogP contribution in [-0.2, 0) is 17.9 Å². The summed E-state index contributed by atoms with van der Waals surface area (Å²) in [5.74, 6) is 0. The predicted molar refractivity (Wildman–Crippen MR) is 66.2 cm³/mol. The molecule has 1 rings (SSSR count). The van der Waals surface area contributed by atoms with Crippen LogP contribution in [0.25, 0.3) is 0 Å². The van der Waals surface area contributed by atoms with Crippen LogP contribution in [0, 0.1) is 0 Å². The lowest BCUT2D eigenvalue weighted by Crippen LogP contribution is -2.15. The summed E-state index contributed by atoms with van der Waals surface area (Å²) in [5, 5.41) is 3.34. The SMILES string of the molecule is CCCNCc1cccc(COCCC)n1. The average Bonchev–Trinajstić information content (AvgIpc) is 2.30. The molecule has 0 bridgehead atoms. The van der Waals surface area contributed by atoms with Crippen molar-refractivity contribution in [1.82, 2.24) is 10.3 Å². The zero-order valence-electron chi connectivity index (χ0n) is 10.3. The molecular weight excluding hydrogens is 200 g/mol. The van der Waals surface area contributed by atoms with E-state index in [4.69, 9.17) is 4.74 Å². The molecule has 0 saturated heterocycles. The van der Waals surface area contributed by atoms with Gasteiger partial charge in [0.25, 0.3) is 0 Å². The molecule has 1 heterocycles. The molecular formula is C13H22N2O. The molecule has 0 saturated carbocycles. The zero-order valence-corrected chi connectivity index (χ0v) is 10.3. The minimum absolute atomic E-state index is 0.620. The van der Waals surface area contributed by atoms with E-state index in [-0.39, 0.29) is 0 Å². The molecule has 3 nitrogen and oxygen atoms in total. The fraction of sp³-hybridized carbons (Fsp3) is 0.615. The van der Waals surface area contributed by atoms with Crippen molar-refractivity contribution in [3.05, 3.63) is 29.6 Å². The molecule has 0 fully saturated rings. The largest absolute Gasteiger partial charge is 0.375 e. The Kier molecular flexibility index (Phi) is 6.77. The molecule has 1 aromatic rings. The van der Waals surface area contributed by atoms with Gasteiger partial charge in [-0.15, -0.1) is 0 Å². The first-order valence-electron chi connectivity index (χ1n) is 6.10. The first-order chi connectivity index (χ1) is 7.86. The van der Waals surface area contributed by atoms with Crippen molar-refractivity contribution in [2.24, 2.45) is 0 Å². The van der Waals surface area contributed by atoms with Crippen molar-refractivity contribution in [1.29, 1.82) is 0 Å². The van der Waals surface area contributed by atoms with E-state index in [2.05, 4.69) is 24.1 Å². The summed E-state index contributed by atoms with van der Waals surface area (Å²) in [6.07, 6.45) is 2.21. The maximum atomic E-state index is 5.47. The molecule has 0 aliphatic heterocycles. The van der Waals surface area contributed by atoms with Gasteiger partial charge in [0.05, 0.1) is 18.0 Å². The Bertz CT molecular complexity index is 264. The van der Waals surface area contributed by atoms with E-state index in [9.17, 15) is 0 Å². The van der Waals surface area contributed by atoms with E-state index in [1.54, 1.807) is 0 Å². The third-order valence-electron chi connectivity index (χ3n) is 2.20. The predicted octanol–water partition coefficient (Wildman–Crippen LogP) is 2.51. The molecule has 0 atom stereocenters. The van der Waals surface area contributed by atoms with Gasteiger partial charge in [-0.25, -0.2) is 0 Å². The summed E-state index contributed by atoms with van der Waals surface area (Å²) < 4.78 is 5.47. The lowest BCUT2D eigenvalue weighted by Gasteiger charge is -2.06. The van der Waals surface area contributed by atoms with Crippen LogP contribution in [0.1, 0.15) is 38.1 Å². The van der Waals surface area contributed by atoms with Crippen molar-refractivity contribution in [2.45, 2.75) is 39.8 Å². The smallest absolute Gasteiger partial charge is 0.0887 e. The highest BCUT2D eigenvalue weighted by Crippen LogP contribution is 2.01. The van der Waals surface area contributed by atoms with E-state index >= 15 is 0 Å². The maximum Gasteiger partial charge on any atom is 0.0887 e. The first kappa shape index (κ1) is 13.1. The summed E-state index contributed by atoms with van der Waals surface area (Å²) in [4.78, 5) is 4.53. The molecule has 3 heteroatoms. The Morgan fingerprint density at radius 3 is 2.75 bits per heavy atom. The Morgan fingerprint density at radius 2 is 2.00 bits per heavy atom. The summed E-state index contributed by atoms with van der Waals surface area (Å²) in [6, 6.07) is 6.10.